The molecule has 0 heterocycles. The van der Waals surface area contributed by atoms with Crippen molar-refractivity contribution in [2.75, 3.05) is 0 Å². The van der Waals surface area contributed by atoms with E-state index in [1.807, 2.05) is 0 Å². The summed E-state index contributed by atoms with van der Waals surface area (Å²) in [4.78, 5) is -0.233. The fourth-order valence-electron chi connectivity index (χ4n) is 0.803. The van der Waals surface area contributed by atoms with E-state index in [4.69, 9.17) is 22.3 Å². The molecular formula is C7H3Cl2F3OS. The molecule has 1 atom stereocenters. The van der Waals surface area contributed by atoms with Gasteiger partial charge in [0.2, 0.25) is 0 Å². The summed E-state index contributed by atoms with van der Waals surface area (Å²) in [6.07, 6.45) is -4.49. The van der Waals surface area contributed by atoms with Gasteiger partial charge in [-0.2, -0.15) is 13.2 Å². The van der Waals surface area contributed by atoms with E-state index in [1.165, 1.54) is 0 Å². The Morgan fingerprint density at radius 3 is 2.29 bits per heavy atom. The zero-order chi connectivity index (χ0) is 10.9. The summed E-state index contributed by atoms with van der Waals surface area (Å²) < 4.78 is 47.3. The molecule has 1 rings (SSSR count). The molecule has 0 amide bonds. The summed E-state index contributed by atoms with van der Waals surface area (Å²) in [6.45, 7) is 0. The molecule has 0 bridgehead atoms. The van der Waals surface area contributed by atoms with Crippen molar-refractivity contribution in [2.24, 2.45) is 0 Å². The van der Waals surface area contributed by atoms with Crippen LogP contribution in [0.2, 0.25) is 5.02 Å². The first kappa shape index (κ1) is 11.8. The zero-order valence-electron chi connectivity index (χ0n) is 6.44. The minimum absolute atomic E-state index is 0.0497. The van der Waals surface area contributed by atoms with Crippen molar-refractivity contribution in [3.05, 3.63) is 28.8 Å². The van der Waals surface area contributed by atoms with Gasteiger partial charge in [0.1, 0.15) is 10.0 Å². The summed E-state index contributed by atoms with van der Waals surface area (Å²) in [5.41, 5.74) is -0.925. The van der Waals surface area contributed by atoms with Gasteiger partial charge in [-0.05, 0) is 28.9 Å². The molecular weight excluding hydrogens is 260 g/mol. The van der Waals surface area contributed by atoms with Gasteiger partial charge in [-0.1, -0.05) is 11.6 Å². The molecule has 0 saturated heterocycles. The molecule has 1 unspecified atom stereocenters. The van der Waals surface area contributed by atoms with Crippen LogP contribution in [-0.4, -0.2) is 4.21 Å². The molecule has 0 aliphatic heterocycles. The standard InChI is InChI=1S/C7H3Cl2F3OS/c8-5-2-1-4(7(10,11)12)3-6(5)14(9)13/h1-3H. The molecule has 0 saturated carbocycles. The highest BCUT2D eigenvalue weighted by atomic mass is 35.7. The second-order valence-corrected chi connectivity index (χ2v) is 4.50. The van der Waals surface area contributed by atoms with Crippen LogP contribution >= 0.6 is 22.3 Å². The fourth-order valence-corrected chi connectivity index (χ4v) is 2.07. The van der Waals surface area contributed by atoms with Crippen molar-refractivity contribution >= 4 is 32.3 Å². The quantitative estimate of drug-likeness (QED) is 0.707. The lowest BCUT2D eigenvalue weighted by atomic mass is 10.2. The van der Waals surface area contributed by atoms with Gasteiger partial charge in [0.25, 0.3) is 0 Å². The topological polar surface area (TPSA) is 17.1 Å². The first-order chi connectivity index (χ1) is 6.32. The maximum absolute atomic E-state index is 12.2. The van der Waals surface area contributed by atoms with Gasteiger partial charge in [-0.15, -0.1) is 0 Å². The number of hydrogen-bond donors (Lipinski definition) is 0. The summed E-state index contributed by atoms with van der Waals surface area (Å²) in [7, 11) is 3.11. The number of benzene rings is 1. The third kappa shape index (κ3) is 2.62. The SMILES string of the molecule is O=S(Cl)c1cc(C(F)(F)F)ccc1Cl. The molecule has 0 aromatic heterocycles. The molecule has 1 nitrogen and oxygen atoms in total. The van der Waals surface area contributed by atoms with Crippen molar-refractivity contribution in [1.29, 1.82) is 0 Å². The Bertz CT molecular complexity index is 378. The van der Waals surface area contributed by atoms with Crippen LogP contribution in [-0.2, 0) is 16.2 Å². The van der Waals surface area contributed by atoms with Crippen molar-refractivity contribution in [3.8, 4) is 0 Å². The van der Waals surface area contributed by atoms with Crippen LogP contribution in [0.1, 0.15) is 5.56 Å². The first-order valence-electron chi connectivity index (χ1n) is 3.27. The molecule has 78 valence electrons. The largest absolute Gasteiger partial charge is 0.416 e. The van der Waals surface area contributed by atoms with Crippen LogP contribution in [0.4, 0.5) is 13.2 Å². The lowest BCUT2D eigenvalue weighted by molar-refractivity contribution is -0.137. The van der Waals surface area contributed by atoms with Crippen molar-refractivity contribution in [2.45, 2.75) is 11.1 Å². The summed E-state index contributed by atoms with van der Waals surface area (Å²) in [5.74, 6) is 0. The van der Waals surface area contributed by atoms with E-state index >= 15 is 0 Å². The summed E-state index contributed by atoms with van der Waals surface area (Å²) >= 11 is 5.50. The van der Waals surface area contributed by atoms with E-state index in [-0.39, 0.29) is 9.92 Å². The molecule has 0 fully saturated rings. The highest BCUT2D eigenvalue weighted by Crippen LogP contribution is 2.33. The minimum atomic E-state index is -4.49. The Morgan fingerprint density at radius 2 is 1.86 bits per heavy atom. The molecule has 0 N–H and O–H groups in total. The van der Waals surface area contributed by atoms with Gasteiger partial charge in [0.15, 0.2) is 0 Å². The smallest absolute Gasteiger partial charge is 0.237 e. The first-order valence-corrected chi connectivity index (χ1v) is 5.62. The molecule has 7 heteroatoms. The van der Waals surface area contributed by atoms with Crippen LogP contribution in [0.5, 0.6) is 0 Å². The predicted molar refractivity (Wildman–Crippen MR) is 48.7 cm³/mol. The molecule has 0 aliphatic rings. The Labute approximate surface area is 89.8 Å². The van der Waals surface area contributed by atoms with Gasteiger partial charge < -0.3 is 0 Å². The summed E-state index contributed by atoms with van der Waals surface area (Å²) in [5, 5.41) is -0.0497. The Hall–Kier alpha value is -0.260. The van der Waals surface area contributed by atoms with E-state index in [2.05, 4.69) is 0 Å². The van der Waals surface area contributed by atoms with Gasteiger partial charge in [-0.3, -0.25) is 0 Å². The van der Waals surface area contributed by atoms with E-state index in [0.29, 0.717) is 6.07 Å². The Balaban J connectivity index is 3.27. The van der Waals surface area contributed by atoms with E-state index in [1.54, 1.807) is 0 Å². The lowest BCUT2D eigenvalue weighted by Gasteiger charge is -2.07. The minimum Gasteiger partial charge on any atom is -0.237 e. The molecule has 14 heavy (non-hydrogen) atoms. The molecule has 1 aromatic rings. The van der Waals surface area contributed by atoms with Gasteiger partial charge in [0, 0.05) is 0 Å². The second kappa shape index (κ2) is 4.08. The lowest BCUT2D eigenvalue weighted by Crippen LogP contribution is -2.05. The van der Waals surface area contributed by atoms with E-state index in [9.17, 15) is 17.4 Å². The van der Waals surface area contributed by atoms with Crippen molar-refractivity contribution in [3.63, 3.8) is 0 Å². The van der Waals surface area contributed by atoms with Crippen molar-refractivity contribution in [1.82, 2.24) is 0 Å². The average molecular weight is 263 g/mol. The van der Waals surface area contributed by atoms with Gasteiger partial charge in [-0.25, -0.2) is 4.21 Å². The number of alkyl halides is 3. The number of rotatable bonds is 1. The van der Waals surface area contributed by atoms with E-state index in [0.717, 1.165) is 12.1 Å². The fraction of sp³-hybridized carbons (Fsp3) is 0.143. The monoisotopic (exact) mass is 262 g/mol. The van der Waals surface area contributed by atoms with Crippen LogP contribution in [0.3, 0.4) is 0 Å². The summed E-state index contributed by atoms with van der Waals surface area (Å²) in [6, 6.07) is 2.49. The van der Waals surface area contributed by atoms with Crippen LogP contribution in [0.15, 0.2) is 23.1 Å². The predicted octanol–water partition coefficient (Wildman–Crippen LogP) is 3.62. The van der Waals surface area contributed by atoms with Crippen molar-refractivity contribution < 1.29 is 17.4 Å². The molecule has 0 spiro atoms. The normalized spacial score (nSPS) is 14.1. The van der Waals surface area contributed by atoms with E-state index < -0.39 is 21.8 Å². The van der Waals surface area contributed by atoms with Crippen LogP contribution < -0.4 is 0 Å². The third-order valence-electron chi connectivity index (χ3n) is 1.43. The third-order valence-corrected chi connectivity index (χ3v) is 3.06. The molecule has 0 aliphatic carbocycles. The Morgan fingerprint density at radius 1 is 1.29 bits per heavy atom. The highest BCUT2D eigenvalue weighted by Gasteiger charge is 2.31. The molecule has 1 aromatic carbocycles. The second-order valence-electron chi connectivity index (χ2n) is 2.37. The highest BCUT2D eigenvalue weighted by molar-refractivity contribution is 8.08. The number of halogens is 5. The van der Waals surface area contributed by atoms with Gasteiger partial charge in [0.05, 0.1) is 15.5 Å². The number of hydrogen-bond acceptors (Lipinski definition) is 1. The average Bonchev–Trinajstić information content (AvgIpc) is 2.02. The van der Waals surface area contributed by atoms with Crippen LogP contribution in [0.25, 0.3) is 0 Å². The Kier molecular flexibility index (Phi) is 3.44. The maximum atomic E-state index is 12.2. The van der Waals surface area contributed by atoms with Gasteiger partial charge >= 0.3 is 6.18 Å². The maximum Gasteiger partial charge on any atom is 0.416 e. The molecule has 0 radical (unpaired) electrons. The zero-order valence-corrected chi connectivity index (χ0v) is 8.77. The van der Waals surface area contributed by atoms with Crippen LogP contribution in [0, 0.1) is 0 Å².